The average molecular weight is 519 g/mol. The lowest BCUT2D eigenvalue weighted by molar-refractivity contribution is -0.139. The molecule has 0 aliphatic heterocycles. The molecule has 38 heavy (non-hydrogen) atoms. The minimum atomic E-state index is -1.12. The molecule has 200 valence electrons. The van der Waals surface area contributed by atoms with Crippen molar-refractivity contribution in [2.75, 3.05) is 6.61 Å². The summed E-state index contributed by atoms with van der Waals surface area (Å²) >= 11 is 0. The average Bonchev–Trinajstić information content (AvgIpc) is 3.18. The molecule has 0 saturated heterocycles. The van der Waals surface area contributed by atoms with Gasteiger partial charge in [0.25, 0.3) is 0 Å². The highest BCUT2D eigenvalue weighted by molar-refractivity contribution is 5.81. The zero-order valence-electron chi connectivity index (χ0n) is 21.8. The third-order valence-corrected chi connectivity index (χ3v) is 6.54. The molecular weight excluding hydrogens is 484 g/mol. The Labute approximate surface area is 222 Å². The number of rotatable bonds is 8. The van der Waals surface area contributed by atoms with Crippen molar-refractivity contribution in [3.8, 4) is 11.1 Å². The van der Waals surface area contributed by atoms with Gasteiger partial charge in [0.2, 0.25) is 0 Å². The van der Waals surface area contributed by atoms with Crippen molar-refractivity contribution < 1.29 is 29.0 Å². The minimum Gasteiger partial charge on any atom is -0.480 e. The normalized spacial score (nSPS) is 18.7. The fourth-order valence-electron chi connectivity index (χ4n) is 4.78. The van der Waals surface area contributed by atoms with Crippen LogP contribution in [0.3, 0.4) is 0 Å². The predicted molar refractivity (Wildman–Crippen MR) is 144 cm³/mol. The van der Waals surface area contributed by atoms with Gasteiger partial charge in [0.1, 0.15) is 18.2 Å². The number of carboxylic acids is 1. The van der Waals surface area contributed by atoms with Crippen molar-refractivity contribution in [1.29, 1.82) is 0 Å². The van der Waals surface area contributed by atoms with Gasteiger partial charge in [0, 0.05) is 5.92 Å². The van der Waals surface area contributed by atoms with Crippen LogP contribution in [0.2, 0.25) is 0 Å². The van der Waals surface area contributed by atoms with Crippen LogP contribution < -0.4 is 10.6 Å². The molecule has 0 unspecified atom stereocenters. The Kier molecular flexibility index (Phi) is 8.20. The predicted octanol–water partition coefficient (Wildman–Crippen LogP) is 5.39. The Morgan fingerprint density at radius 3 is 2.03 bits per heavy atom. The molecule has 0 aromatic heterocycles. The van der Waals surface area contributed by atoms with Crippen molar-refractivity contribution in [1.82, 2.24) is 10.6 Å². The van der Waals surface area contributed by atoms with Gasteiger partial charge in [-0.25, -0.2) is 14.4 Å². The Balaban J connectivity index is 1.26. The van der Waals surface area contributed by atoms with Crippen molar-refractivity contribution >= 4 is 18.2 Å². The number of carbonyl (C=O) groups excluding carboxylic acids is 2. The number of nitrogens with one attached hydrogen (secondary N) is 2. The highest BCUT2D eigenvalue weighted by atomic mass is 16.6. The summed E-state index contributed by atoms with van der Waals surface area (Å²) in [6.45, 7) is 5.51. The smallest absolute Gasteiger partial charge is 0.408 e. The molecule has 2 aliphatic carbocycles. The van der Waals surface area contributed by atoms with E-state index in [1.807, 2.05) is 60.7 Å². The van der Waals surface area contributed by atoms with Gasteiger partial charge in [-0.2, -0.15) is 0 Å². The maximum absolute atomic E-state index is 12.6. The van der Waals surface area contributed by atoms with Crippen LogP contribution in [-0.2, 0) is 14.3 Å². The molecule has 8 nitrogen and oxygen atoms in total. The SMILES string of the molecule is CC(C)(C)OC(=O)NC1C=CC(CC[C@H](NC(=O)OCC2c3ccccc3-c3ccccc32)C(=O)O)C=C1. The molecule has 0 saturated carbocycles. The van der Waals surface area contributed by atoms with Crippen molar-refractivity contribution in [2.45, 2.75) is 57.2 Å². The number of carbonyl (C=O) groups is 3. The summed E-state index contributed by atoms with van der Waals surface area (Å²) in [6.07, 6.45) is 6.97. The summed E-state index contributed by atoms with van der Waals surface area (Å²) in [5.74, 6) is -1.24. The van der Waals surface area contributed by atoms with E-state index in [9.17, 15) is 19.5 Å². The number of fused-ring (bicyclic) bond motifs is 3. The van der Waals surface area contributed by atoms with E-state index in [2.05, 4.69) is 22.8 Å². The Morgan fingerprint density at radius 1 is 0.895 bits per heavy atom. The van der Waals surface area contributed by atoms with E-state index in [0.29, 0.717) is 6.42 Å². The second-order valence-electron chi connectivity index (χ2n) is 10.5. The molecule has 0 bridgehead atoms. The number of hydrogen-bond donors (Lipinski definition) is 3. The molecule has 2 aromatic rings. The fraction of sp³-hybridized carbons (Fsp3) is 0.367. The summed E-state index contributed by atoms with van der Waals surface area (Å²) in [4.78, 5) is 36.3. The van der Waals surface area contributed by atoms with E-state index in [1.54, 1.807) is 20.8 Å². The number of benzene rings is 2. The van der Waals surface area contributed by atoms with E-state index in [1.165, 1.54) is 0 Å². The number of alkyl carbamates (subject to hydrolysis) is 2. The summed E-state index contributed by atoms with van der Waals surface area (Å²) in [7, 11) is 0. The van der Waals surface area contributed by atoms with Crippen LogP contribution in [-0.4, -0.2) is 47.6 Å². The van der Waals surface area contributed by atoms with E-state index >= 15 is 0 Å². The van der Waals surface area contributed by atoms with Gasteiger partial charge in [0.05, 0.1) is 6.04 Å². The first kappa shape index (κ1) is 27.0. The van der Waals surface area contributed by atoms with Crippen LogP contribution in [0.15, 0.2) is 72.8 Å². The monoisotopic (exact) mass is 518 g/mol. The molecule has 1 atom stereocenters. The molecule has 2 amide bonds. The summed E-state index contributed by atoms with van der Waals surface area (Å²) in [5.41, 5.74) is 3.84. The van der Waals surface area contributed by atoms with E-state index < -0.39 is 29.8 Å². The van der Waals surface area contributed by atoms with Gasteiger partial charge < -0.3 is 25.2 Å². The molecule has 3 N–H and O–H groups in total. The Hall–Kier alpha value is -4.07. The van der Waals surface area contributed by atoms with Crippen LogP contribution in [0.25, 0.3) is 11.1 Å². The standard InChI is InChI=1S/C30H34N2O6/c1-30(2,3)38-29(36)31-20-15-12-19(13-16-20)14-17-26(27(33)34)32-28(35)37-18-25-23-10-6-4-8-21(23)22-9-5-7-11-24(22)25/h4-13,15-16,19-20,25-26H,14,17-18H2,1-3H3,(H,31,36)(H,32,35)(H,33,34)/t19?,20?,26-/m0/s1. The van der Waals surface area contributed by atoms with Gasteiger partial charge in [-0.1, -0.05) is 72.8 Å². The molecule has 2 aromatic carbocycles. The minimum absolute atomic E-state index is 0.0159. The van der Waals surface area contributed by atoms with Crippen LogP contribution in [0.5, 0.6) is 0 Å². The fourth-order valence-corrected chi connectivity index (χ4v) is 4.78. The summed E-state index contributed by atoms with van der Waals surface area (Å²) in [5, 5.41) is 14.9. The van der Waals surface area contributed by atoms with Crippen LogP contribution in [0, 0.1) is 5.92 Å². The third-order valence-electron chi connectivity index (χ3n) is 6.54. The first-order chi connectivity index (χ1) is 18.1. The Bertz CT molecular complexity index is 1190. The highest BCUT2D eigenvalue weighted by Crippen LogP contribution is 2.44. The maximum Gasteiger partial charge on any atom is 0.408 e. The molecule has 0 radical (unpaired) electrons. The van der Waals surface area contributed by atoms with Gasteiger partial charge in [-0.3, -0.25) is 0 Å². The lowest BCUT2D eigenvalue weighted by Gasteiger charge is -2.23. The zero-order valence-corrected chi connectivity index (χ0v) is 21.8. The highest BCUT2D eigenvalue weighted by Gasteiger charge is 2.30. The number of carboxylic acid groups (broad SMARTS) is 1. The van der Waals surface area contributed by atoms with Crippen LogP contribution in [0.1, 0.15) is 50.7 Å². The van der Waals surface area contributed by atoms with E-state index in [-0.39, 0.29) is 30.9 Å². The van der Waals surface area contributed by atoms with Crippen molar-refractivity contribution in [3.63, 3.8) is 0 Å². The van der Waals surface area contributed by atoms with Crippen molar-refractivity contribution in [2.24, 2.45) is 5.92 Å². The second-order valence-corrected chi connectivity index (χ2v) is 10.5. The van der Waals surface area contributed by atoms with Crippen LogP contribution >= 0.6 is 0 Å². The number of amides is 2. The molecule has 0 spiro atoms. The Morgan fingerprint density at radius 2 is 1.47 bits per heavy atom. The summed E-state index contributed by atoms with van der Waals surface area (Å²) in [6, 6.07) is 14.7. The molecule has 2 aliphatic rings. The lowest BCUT2D eigenvalue weighted by Crippen LogP contribution is -2.41. The van der Waals surface area contributed by atoms with Gasteiger partial charge in [-0.05, 0) is 61.8 Å². The van der Waals surface area contributed by atoms with E-state index in [0.717, 1.165) is 22.3 Å². The second kappa shape index (κ2) is 11.5. The number of ether oxygens (including phenoxy) is 2. The van der Waals surface area contributed by atoms with Crippen LogP contribution in [0.4, 0.5) is 9.59 Å². The van der Waals surface area contributed by atoms with E-state index in [4.69, 9.17) is 9.47 Å². The molecule has 0 heterocycles. The molecule has 8 heteroatoms. The topological polar surface area (TPSA) is 114 Å². The largest absolute Gasteiger partial charge is 0.480 e. The lowest BCUT2D eigenvalue weighted by atomic mass is 9.94. The first-order valence-corrected chi connectivity index (χ1v) is 12.8. The third kappa shape index (κ3) is 6.82. The number of allylic oxidation sites excluding steroid dienone is 2. The molecular formula is C30H34N2O6. The zero-order chi connectivity index (χ0) is 27.3. The maximum atomic E-state index is 12.6. The molecule has 4 rings (SSSR count). The number of aliphatic carboxylic acids is 1. The molecule has 0 fully saturated rings. The summed E-state index contributed by atoms with van der Waals surface area (Å²) < 4.78 is 10.8. The van der Waals surface area contributed by atoms with Crippen molar-refractivity contribution in [3.05, 3.63) is 84.0 Å². The number of hydrogen-bond acceptors (Lipinski definition) is 5. The quantitative estimate of drug-likeness (QED) is 0.404. The van der Waals surface area contributed by atoms with Gasteiger partial charge in [0.15, 0.2) is 0 Å². The van der Waals surface area contributed by atoms with Gasteiger partial charge >= 0.3 is 18.2 Å². The van der Waals surface area contributed by atoms with Gasteiger partial charge in [-0.15, -0.1) is 0 Å². The first-order valence-electron chi connectivity index (χ1n) is 12.8.